The molecule has 0 saturated heterocycles. The van der Waals surface area contributed by atoms with E-state index in [0.717, 1.165) is 18.6 Å². The minimum Gasteiger partial charge on any atom is -0.357 e. The Morgan fingerprint density at radius 2 is 1.95 bits per heavy atom. The highest BCUT2D eigenvalue weighted by Crippen LogP contribution is 2.31. The van der Waals surface area contributed by atoms with Gasteiger partial charge in [-0.3, -0.25) is 9.59 Å². The third kappa shape index (κ3) is 7.16. The smallest absolute Gasteiger partial charge is 0.243 e. The summed E-state index contributed by atoms with van der Waals surface area (Å²) in [4.78, 5) is 23.3. The van der Waals surface area contributed by atoms with Gasteiger partial charge in [0.05, 0.1) is 0 Å². The Hall–Kier alpha value is -1.23. The molecule has 1 aliphatic carbocycles. The van der Waals surface area contributed by atoms with Crippen molar-refractivity contribution < 1.29 is 9.59 Å². The lowest BCUT2D eigenvalue weighted by atomic mass is 10.0. The standard InChI is InChI=1S/C15H24N2O2S.C2H6/c1-11(18)17-13(14(19)16-4)15(2,3)20-10-12-8-6-5-7-9-12;1-2/h6,8-9,13H,5,7,10H2,1-4H3,(H,16,19)(H,17,18);1-2H3. The Kier molecular flexibility index (Phi) is 9.90. The second kappa shape index (κ2) is 10.5. The van der Waals surface area contributed by atoms with Gasteiger partial charge < -0.3 is 10.6 Å². The molecular formula is C17H30N2O2S. The van der Waals surface area contributed by atoms with E-state index in [0.29, 0.717) is 0 Å². The molecule has 1 rings (SSSR count). The predicted molar refractivity (Wildman–Crippen MR) is 96.0 cm³/mol. The molecule has 0 fully saturated rings. The van der Waals surface area contributed by atoms with Crippen molar-refractivity contribution in [2.75, 3.05) is 12.8 Å². The number of carbonyl (C=O) groups is 2. The van der Waals surface area contributed by atoms with Crippen LogP contribution in [-0.4, -0.2) is 35.4 Å². The van der Waals surface area contributed by atoms with Crippen LogP contribution in [0.1, 0.15) is 47.5 Å². The van der Waals surface area contributed by atoms with Gasteiger partial charge in [-0.25, -0.2) is 0 Å². The molecule has 1 unspecified atom stereocenters. The SMILES string of the molecule is CC.CNC(=O)C(NC(C)=O)C(C)(C)SCC1=CCCC=C1. The maximum absolute atomic E-state index is 12.0. The molecule has 2 N–H and O–H groups in total. The van der Waals surface area contributed by atoms with Gasteiger partial charge in [0.1, 0.15) is 6.04 Å². The van der Waals surface area contributed by atoms with E-state index in [-0.39, 0.29) is 16.6 Å². The second-order valence-corrected chi connectivity index (χ2v) is 7.03. The van der Waals surface area contributed by atoms with Gasteiger partial charge in [0, 0.05) is 24.5 Å². The van der Waals surface area contributed by atoms with E-state index < -0.39 is 6.04 Å². The summed E-state index contributed by atoms with van der Waals surface area (Å²) in [5, 5.41) is 5.37. The van der Waals surface area contributed by atoms with Gasteiger partial charge >= 0.3 is 0 Å². The van der Waals surface area contributed by atoms with E-state index in [1.165, 1.54) is 12.5 Å². The summed E-state index contributed by atoms with van der Waals surface area (Å²) in [7, 11) is 1.59. The number of hydrogen-bond acceptors (Lipinski definition) is 3. The van der Waals surface area contributed by atoms with Crippen molar-refractivity contribution >= 4 is 23.6 Å². The summed E-state index contributed by atoms with van der Waals surface area (Å²) in [6.07, 6.45) is 8.73. The molecule has 0 radical (unpaired) electrons. The highest BCUT2D eigenvalue weighted by Gasteiger charge is 2.35. The Morgan fingerprint density at radius 1 is 1.32 bits per heavy atom. The molecular weight excluding hydrogens is 296 g/mol. The van der Waals surface area contributed by atoms with E-state index in [1.54, 1.807) is 18.8 Å². The van der Waals surface area contributed by atoms with Crippen molar-refractivity contribution in [3.8, 4) is 0 Å². The van der Waals surface area contributed by atoms with Crippen LogP contribution in [0.4, 0.5) is 0 Å². The maximum atomic E-state index is 12.0. The summed E-state index contributed by atoms with van der Waals surface area (Å²) >= 11 is 1.68. The molecule has 0 saturated carbocycles. The topological polar surface area (TPSA) is 58.2 Å². The van der Waals surface area contributed by atoms with Gasteiger partial charge in [0.25, 0.3) is 0 Å². The number of rotatable bonds is 6. The number of hydrogen-bond donors (Lipinski definition) is 2. The summed E-state index contributed by atoms with van der Waals surface area (Å²) in [5.74, 6) is 0.492. The monoisotopic (exact) mass is 326 g/mol. The first-order valence-corrected chi connectivity index (χ1v) is 8.83. The molecule has 126 valence electrons. The van der Waals surface area contributed by atoms with Crippen molar-refractivity contribution in [1.82, 2.24) is 10.6 Å². The van der Waals surface area contributed by atoms with E-state index in [9.17, 15) is 9.59 Å². The van der Waals surface area contributed by atoms with Crippen LogP contribution in [0.25, 0.3) is 0 Å². The fraction of sp³-hybridized carbons (Fsp3) is 0.647. The predicted octanol–water partition coefficient (Wildman–Crippen LogP) is 3.05. The maximum Gasteiger partial charge on any atom is 0.243 e. The normalized spacial score (nSPS) is 15.1. The Labute approximate surface area is 139 Å². The van der Waals surface area contributed by atoms with Crippen LogP contribution in [0.3, 0.4) is 0 Å². The quantitative estimate of drug-likeness (QED) is 0.789. The minimum atomic E-state index is -0.539. The van der Waals surface area contributed by atoms with Crippen molar-refractivity contribution in [2.24, 2.45) is 0 Å². The molecule has 0 aliphatic heterocycles. The Morgan fingerprint density at radius 3 is 2.41 bits per heavy atom. The van der Waals surface area contributed by atoms with Crippen LogP contribution in [0.15, 0.2) is 23.8 Å². The number of thioether (sulfide) groups is 1. The fourth-order valence-electron chi connectivity index (χ4n) is 2.03. The molecule has 4 nitrogen and oxygen atoms in total. The molecule has 0 heterocycles. The molecule has 1 atom stereocenters. The zero-order valence-electron chi connectivity index (χ0n) is 14.7. The first kappa shape index (κ1) is 20.8. The van der Waals surface area contributed by atoms with Gasteiger partial charge in [-0.2, -0.15) is 0 Å². The number of allylic oxidation sites excluding steroid dienone is 3. The fourth-order valence-corrected chi connectivity index (χ4v) is 3.12. The van der Waals surface area contributed by atoms with Crippen LogP contribution >= 0.6 is 11.8 Å². The first-order chi connectivity index (χ1) is 10.4. The molecule has 0 bridgehead atoms. The summed E-state index contributed by atoms with van der Waals surface area (Å²) in [6.45, 7) is 9.41. The lowest BCUT2D eigenvalue weighted by Gasteiger charge is -2.33. The molecule has 0 spiro atoms. The van der Waals surface area contributed by atoms with Crippen LogP contribution in [0.5, 0.6) is 0 Å². The van der Waals surface area contributed by atoms with Gasteiger partial charge in [-0.15, -0.1) is 11.8 Å². The highest BCUT2D eigenvalue weighted by molar-refractivity contribution is 8.00. The molecule has 0 aromatic heterocycles. The molecule has 2 amide bonds. The molecule has 0 aromatic carbocycles. The van der Waals surface area contributed by atoms with Crippen molar-refractivity contribution in [1.29, 1.82) is 0 Å². The summed E-state index contributed by atoms with van der Waals surface area (Å²) in [6, 6.07) is -0.539. The Balaban J connectivity index is 0.00000211. The van der Waals surface area contributed by atoms with Gasteiger partial charge in [-0.05, 0) is 32.3 Å². The largest absolute Gasteiger partial charge is 0.357 e. The van der Waals surface area contributed by atoms with Crippen LogP contribution in [0.2, 0.25) is 0 Å². The van der Waals surface area contributed by atoms with Crippen LogP contribution < -0.4 is 10.6 Å². The van der Waals surface area contributed by atoms with E-state index in [2.05, 4.69) is 28.9 Å². The van der Waals surface area contributed by atoms with Gasteiger partial charge in [0.15, 0.2) is 0 Å². The second-order valence-electron chi connectivity index (χ2n) is 5.40. The summed E-state index contributed by atoms with van der Waals surface area (Å²) < 4.78 is -0.377. The van der Waals surface area contributed by atoms with Gasteiger partial charge in [0.2, 0.25) is 11.8 Å². The van der Waals surface area contributed by atoms with Crippen LogP contribution in [-0.2, 0) is 9.59 Å². The van der Waals surface area contributed by atoms with Crippen molar-refractivity contribution in [3.05, 3.63) is 23.8 Å². The average Bonchev–Trinajstić information content (AvgIpc) is 2.52. The number of likely N-dealkylation sites (N-methyl/N-ethyl adjacent to an activating group) is 1. The van der Waals surface area contributed by atoms with Crippen molar-refractivity contribution in [3.63, 3.8) is 0 Å². The number of amides is 2. The third-order valence-electron chi connectivity index (χ3n) is 3.23. The van der Waals surface area contributed by atoms with E-state index >= 15 is 0 Å². The number of carbonyl (C=O) groups excluding carboxylic acids is 2. The zero-order chi connectivity index (χ0) is 17.2. The van der Waals surface area contributed by atoms with Gasteiger partial charge in [-0.1, -0.05) is 32.1 Å². The highest BCUT2D eigenvalue weighted by atomic mass is 32.2. The first-order valence-electron chi connectivity index (χ1n) is 7.85. The average molecular weight is 327 g/mol. The van der Waals surface area contributed by atoms with E-state index in [4.69, 9.17) is 0 Å². The van der Waals surface area contributed by atoms with E-state index in [1.807, 2.05) is 27.7 Å². The van der Waals surface area contributed by atoms with Crippen molar-refractivity contribution in [2.45, 2.75) is 58.2 Å². The third-order valence-corrected chi connectivity index (χ3v) is 4.69. The molecule has 1 aliphatic rings. The Bertz CT molecular complexity index is 428. The number of nitrogens with one attached hydrogen (secondary N) is 2. The lowest BCUT2D eigenvalue weighted by Crippen LogP contribution is -2.55. The zero-order valence-corrected chi connectivity index (χ0v) is 15.5. The van der Waals surface area contributed by atoms with Crippen LogP contribution in [0, 0.1) is 0 Å². The minimum absolute atomic E-state index is 0.161. The summed E-state index contributed by atoms with van der Waals surface area (Å²) in [5.41, 5.74) is 1.29. The lowest BCUT2D eigenvalue weighted by molar-refractivity contribution is -0.128. The molecule has 22 heavy (non-hydrogen) atoms. The molecule has 0 aromatic rings. The molecule has 5 heteroatoms.